The first-order valence-electron chi connectivity index (χ1n) is 11.2. The van der Waals surface area contributed by atoms with Crippen LogP contribution in [0.1, 0.15) is 22.3 Å². The van der Waals surface area contributed by atoms with E-state index in [1.165, 1.54) is 0 Å². The molecule has 7 heteroatoms. The topological polar surface area (TPSA) is 82.1 Å². The monoisotopic (exact) mass is 461 g/mol. The summed E-state index contributed by atoms with van der Waals surface area (Å²) < 4.78 is 5.77. The molecule has 3 aromatic carbocycles. The van der Waals surface area contributed by atoms with Crippen molar-refractivity contribution in [3.05, 3.63) is 90.0 Å². The zero-order chi connectivity index (χ0) is 24.3. The Balaban J connectivity index is 1.36. The van der Waals surface area contributed by atoms with E-state index in [0.717, 1.165) is 36.5 Å². The number of ether oxygens (including phenoxy) is 1. The van der Waals surface area contributed by atoms with Gasteiger partial charge in [-0.25, -0.2) is 4.79 Å². The number of nitrogens with one attached hydrogen (secondary N) is 1. The Hall–Kier alpha value is -3.68. The van der Waals surface area contributed by atoms with Crippen LogP contribution in [-0.2, 0) is 11.3 Å². The van der Waals surface area contributed by atoms with E-state index in [9.17, 15) is 9.59 Å². The molecular formula is C27H31N3O4. The quantitative estimate of drug-likeness (QED) is 0.411. The number of carboxylic acids is 1. The number of anilines is 1. The van der Waals surface area contributed by atoms with Crippen molar-refractivity contribution in [1.29, 1.82) is 0 Å². The van der Waals surface area contributed by atoms with Gasteiger partial charge < -0.3 is 20.1 Å². The molecule has 0 heterocycles. The van der Waals surface area contributed by atoms with Crippen LogP contribution in [-0.4, -0.2) is 60.5 Å². The second kappa shape index (κ2) is 12.5. The smallest absolute Gasteiger partial charge is 0.335 e. The van der Waals surface area contributed by atoms with Crippen molar-refractivity contribution in [3.8, 4) is 11.5 Å². The summed E-state index contributed by atoms with van der Waals surface area (Å²) in [6, 6.07) is 23.8. The van der Waals surface area contributed by atoms with Gasteiger partial charge in [-0.1, -0.05) is 30.3 Å². The average Bonchev–Trinajstić information content (AvgIpc) is 2.81. The molecule has 2 N–H and O–H groups in total. The standard InChI is InChI=1S/C27H31N3O4/c1-29(19-21-8-6-9-22(18-21)27(32)33)16-7-17-30(2)20-26(31)28-23-12-14-25(15-13-23)34-24-10-4-3-5-11-24/h3-6,8-15,18H,7,16-17,19-20H2,1-2H3,(H,28,31)(H,32,33). The maximum Gasteiger partial charge on any atom is 0.335 e. The van der Waals surface area contributed by atoms with Crippen molar-refractivity contribution in [1.82, 2.24) is 9.80 Å². The third kappa shape index (κ3) is 8.35. The Morgan fingerprint density at radius 2 is 1.53 bits per heavy atom. The minimum absolute atomic E-state index is 0.0712. The number of hydrogen-bond acceptors (Lipinski definition) is 5. The van der Waals surface area contributed by atoms with Crippen LogP contribution in [0.25, 0.3) is 0 Å². The Morgan fingerprint density at radius 3 is 2.24 bits per heavy atom. The van der Waals surface area contributed by atoms with Crippen molar-refractivity contribution >= 4 is 17.6 Å². The van der Waals surface area contributed by atoms with Crippen molar-refractivity contribution in [2.75, 3.05) is 39.0 Å². The molecule has 0 saturated carbocycles. The second-order valence-electron chi connectivity index (χ2n) is 8.32. The molecule has 178 valence electrons. The number of rotatable bonds is 12. The summed E-state index contributed by atoms with van der Waals surface area (Å²) in [6.45, 7) is 2.59. The Morgan fingerprint density at radius 1 is 0.853 bits per heavy atom. The Labute approximate surface area is 200 Å². The highest BCUT2D eigenvalue weighted by Crippen LogP contribution is 2.22. The molecule has 0 unspecified atom stereocenters. The van der Waals surface area contributed by atoms with Crippen molar-refractivity contribution < 1.29 is 19.4 Å². The van der Waals surface area contributed by atoms with E-state index in [1.807, 2.05) is 79.7 Å². The van der Waals surface area contributed by atoms with Gasteiger partial charge in [-0.15, -0.1) is 0 Å². The lowest BCUT2D eigenvalue weighted by atomic mass is 10.1. The predicted molar refractivity (Wildman–Crippen MR) is 133 cm³/mol. The first kappa shape index (κ1) is 25.0. The van der Waals surface area contributed by atoms with Crippen LogP contribution in [0, 0.1) is 0 Å². The minimum Gasteiger partial charge on any atom is -0.478 e. The number of likely N-dealkylation sites (N-methyl/N-ethyl adjacent to an activating group) is 1. The molecule has 0 aromatic heterocycles. The zero-order valence-electron chi connectivity index (χ0n) is 19.6. The first-order valence-corrected chi connectivity index (χ1v) is 11.2. The van der Waals surface area contributed by atoms with E-state index in [2.05, 4.69) is 10.2 Å². The molecule has 0 atom stereocenters. The van der Waals surface area contributed by atoms with Crippen LogP contribution in [0.4, 0.5) is 5.69 Å². The van der Waals surface area contributed by atoms with Gasteiger partial charge in [0.05, 0.1) is 12.1 Å². The number of nitrogens with zero attached hydrogens (tertiary/aromatic N) is 2. The lowest BCUT2D eigenvalue weighted by Gasteiger charge is -2.20. The van der Waals surface area contributed by atoms with Crippen LogP contribution in [0.2, 0.25) is 0 Å². The number of para-hydroxylation sites is 1. The van der Waals surface area contributed by atoms with Crippen molar-refractivity contribution in [2.24, 2.45) is 0 Å². The van der Waals surface area contributed by atoms with E-state index < -0.39 is 5.97 Å². The Bertz CT molecular complexity index is 1070. The van der Waals surface area contributed by atoms with E-state index in [-0.39, 0.29) is 5.91 Å². The highest BCUT2D eigenvalue weighted by atomic mass is 16.5. The number of amides is 1. The Kier molecular flexibility index (Phi) is 9.20. The first-order chi connectivity index (χ1) is 16.4. The van der Waals surface area contributed by atoms with Crippen LogP contribution in [0.15, 0.2) is 78.9 Å². The van der Waals surface area contributed by atoms with Crippen LogP contribution in [0.5, 0.6) is 11.5 Å². The fraction of sp³-hybridized carbons (Fsp3) is 0.259. The SMILES string of the molecule is CN(CCCN(C)Cc1cccc(C(=O)O)c1)CC(=O)Nc1ccc(Oc2ccccc2)cc1. The molecule has 7 nitrogen and oxygen atoms in total. The molecule has 0 saturated heterocycles. The molecule has 34 heavy (non-hydrogen) atoms. The van der Waals surface area contributed by atoms with E-state index >= 15 is 0 Å². The largest absolute Gasteiger partial charge is 0.478 e. The third-order valence-corrected chi connectivity index (χ3v) is 5.24. The summed E-state index contributed by atoms with van der Waals surface area (Å²) in [4.78, 5) is 27.6. The van der Waals surface area contributed by atoms with E-state index in [0.29, 0.717) is 24.4 Å². The average molecular weight is 462 g/mol. The number of carbonyl (C=O) groups excluding carboxylic acids is 1. The van der Waals surface area contributed by atoms with Crippen molar-refractivity contribution in [3.63, 3.8) is 0 Å². The highest BCUT2D eigenvalue weighted by Gasteiger charge is 2.09. The molecule has 0 aliphatic carbocycles. The molecule has 3 aromatic rings. The van der Waals surface area contributed by atoms with E-state index in [4.69, 9.17) is 9.84 Å². The van der Waals surface area contributed by atoms with Gasteiger partial charge in [-0.2, -0.15) is 0 Å². The predicted octanol–water partition coefficient (Wildman–Crippen LogP) is 4.57. The van der Waals surface area contributed by atoms with Crippen molar-refractivity contribution in [2.45, 2.75) is 13.0 Å². The number of aromatic carboxylic acids is 1. The van der Waals surface area contributed by atoms with Crippen LogP contribution >= 0.6 is 0 Å². The van der Waals surface area contributed by atoms with Gasteiger partial charge in [0.1, 0.15) is 11.5 Å². The van der Waals surface area contributed by atoms with Gasteiger partial charge in [-0.3, -0.25) is 9.69 Å². The van der Waals surface area contributed by atoms with E-state index in [1.54, 1.807) is 18.2 Å². The summed E-state index contributed by atoms with van der Waals surface area (Å²) in [5.41, 5.74) is 1.99. The molecule has 0 bridgehead atoms. The molecule has 0 aliphatic heterocycles. The summed E-state index contributed by atoms with van der Waals surface area (Å²) >= 11 is 0. The highest BCUT2D eigenvalue weighted by molar-refractivity contribution is 5.92. The molecular weight excluding hydrogens is 430 g/mol. The lowest BCUT2D eigenvalue weighted by Crippen LogP contribution is -2.32. The second-order valence-corrected chi connectivity index (χ2v) is 8.32. The fourth-order valence-corrected chi connectivity index (χ4v) is 3.56. The third-order valence-electron chi connectivity index (χ3n) is 5.24. The molecule has 3 rings (SSSR count). The summed E-state index contributed by atoms with van der Waals surface area (Å²) in [5, 5.41) is 12.0. The number of benzene rings is 3. The van der Waals surface area contributed by atoms with Gasteiger partial charge in [-0.05, 0) is 87.7 Å². The number of hydrogen-bond donors (Lipinski definition) is 2. The summed E-state index contributed by atoms with van der Waals surface area (Å²) in [5.74, 6) is 0.486. The van der Waals surface area contributed by atoms with Gasteiger partial charge in [0.15, 0.2) is 0 Å². The van der Waals surface area contributed by atoms with Gasteiger partial charge in [0.2, 0.25) is 5.91 Å². The minimum atomic E-state index is -0.916. The maximum atomic E-state index is 12.4. The summed E-state index contributed by atoms with van der Waals surface area (Å²) in [6.07, 6.45) is 0.893. The fourth-order valence-electron chi connectivity index (χ4n) is 3.56. The van der Waals surface area contributed by atoms with Gasteiger partial charge >= 0.3 is 5.97 Å². The summed E-state index contributed by atoms with van der Waals surface area (Å²) in [7, 11) is 3.93. The molecule has 0 aliphatic rings. The lowest BCUT2D eigenvalue weighted by molar-refractivity contribution is -0.117. The van der Waals surface area contributed by atoms with Crippen LogP contribution < -0.4 is 10.1 Å². The van der Waals surface area contributed by atoms with Gasteiger partial charge in [0, 0.05) is 12.2 Å². The molecule has 0 radical (unpaired) electrons. The molecule has 1 amide bonds. The van der Waals surface area contributed by atoms with Gasteiger partial charge in [0.25, 0.3) is 0 Å². The number of carbonyl (C=O) groups is 2. The molecule has 0 fully saturated rings. The van der Waals surface area contributed by atoms with Crippen LogP contribution in [0.3, 0.4) is 0 Å². The normalized spacial score (nSPS) is 10.9. The number of carboxylic acid groups (broad SMARTS) is 1. The molecule has 0 spiro atoms. The maximum absolute atomic E-state index is 12.4. The zero-order valence-corrected chi connectivity index (χ0v) is 19.6.